The first-order valence-electron chi connectivity index (χ1n) is 12.6. The predicted octanol–water partition coefficient (Wildman–Crippen LogP) is 6.12. The Bertz CT molecular complexity index is 1550. The number of carbonyl (C=O) groups excluding carboxylic acids is 1. The highest BCUT2D eigenvalue weighted by Gasteiger charge is 2.27. The minimum atomic E-state index is -4.10. The first-order chi connectivity index (χ1) is 18.4. The van der Waals surface area contributed by atoms with Gasteiger partial charge in [0.2, 0.25) is 0 Å². The first kappa shape index (κ1) is 28.9. The average Bonchev–Trinajstić information content (AvgIpc) is 3.36. The summed E-state index contributed by atoms with van der Waals surface area (Å²) in [6.07, 6.45) is 1.96. The molecule has 206 valence electrons. The zero-order valence-electron chi connectivity index (χ0n) is 22.0. The van der Waals surface area contributed by atoms with Gasteiger partial charge in [-0.2, -0.15) is 8.75 Å². The second kappa shape index (κ2) is 12.0. The summed E-state index contributed by atoms with van der Waals surface area (Å²) in [4.78, 5) is 15.8. The van der Waals surface area contributed by atoms with Crippen molar-refractivity contribution >= 4 is 56.0 Å². The molecule has 1 aromatic heterocycles. The summed E-state index contributed by atoms with van der Waals surface area (Å²) in [6.45, 7) is 5.80. The lowest BCUT2D eigenvalue weighted by Gasteiger charge is -2.31. The number of aromatic nitrogens is 2. The van der Waals surface area contributed by atoms with E-state index in [1.165, 1.54) is 24.3 Å². The normalized spacial score (nSPS) is 12.8. The molecule has 4 rings (SSSR count). The molecule has 0 saturated carbocycles. The molecule has 39 heavy (non-hydrogen) atoms. The lowest BCUT2D eigenvalue weighted by molar-refractivity contribution is 0.0589. The summed E-state index contributed by atoms with van der Waals surface area (Å²) in [5.74, 6) is -0.358. The monoisotopic (exact) mass is 586 g/mol. The number of sulfonamides is 1. The molecule has 0 aliphatic heterocycles. The van der Waals surface area contributed by atoms with Gasteiger partial charge in [0.1, 0.15) is 15.9 Å². The van der Waals surface area contributed by atoms with Gasteiger partial charge < -0.3 is 10.0 Å². The molecule has 1 atom stereocenters. The standard InChI is InChI=1S/C28H31ClN4O4S2/c1-19(9-8-16-28(2,3)35)33(18-20-10-5-4-6-11-20)27(34)22-17-21(29)14-15-23(22)32-39(36,37)25-13-7-12-24-26(25)31-38-30-24/h4-7,10-15,17,19,32,35H,8-9,16,18H2,1-3H3. The molecule has 11 heteroatoms. The van der Waals surface area contributed by atoms with Gasteiger partial charge >= 0.3 is 0 Å². The van der Waals surface area contributed by atoms with Crippen molar-refractivity contribution in [3.8, 4) is 0 Å². The Morgan fingerprint density at radius 3 is 2.56 bits per heavy atom. The van der Waals surface area contributed by atoms with E-state index in [9.17, 15) is 18.3 Å². The molecule has 1 heterocycles. The SMILES string of the molecule is CC(CCCC(C)(C)O)N(Cc1ccccc1)C(=O)c1cc(Cl)ccc1NS(=O)(=O)c1cccc2nsnc12. The van der Waals surface area contributed by atoms with Crippen LogP contribution >= 0.6 is 23.3 Å². The number of carbonyl (C=O) groups is 1. The number of nitrogens with one attached hydrogen (secondary N) is 1. The second-order valence-corrected chi connectivity index (χ2v) is 12.8. The van der Waals surface area contributed by atoms with E-state index in [0.29, 0.717) is 36.3 Å². The summed E-state index contributed by atoms with van der Waals surface area (Å²) in [5, 5.41) is 10.5. The van der Waals surface area contributed by atoms with Crippen LogP contribution in [0.2, 0.25) is 5.02 Å². The molecule has 0 saturated heterocycles. The van der Waals surface area contributed by atoms with Crippen LogP contribution in [0.4, 0.5) is 5.69 Å². The van der Waals surface area contributed by atoms with E-state index >= 15 is 0 Å². The van der Waals surface area contributed by atoms with Gasteiger partial charge in [-0.15, -0.1) is 0 Å². The first-order valence-corrected chi connectivity index (χ1v) is 15.1. The molecular formula is C28H31ClN4O4S2. The van der Waals surface area contributed by atoms with E-state index < -0.39 is 15.6 Å². The van der Waals surface area contributed by atoms with Crippen molar-refractivity contribution in [2.24, 2.45) is 0 Å². The number of halogens is 1. The van der Waals surface area contributed by atoms with Gasteiger partial charge in [-0.25, -0.2) is 8.42 Å². The van der Waals surface area contributed by atoms with Crippen LogP contribution in [0.3, 0.4) is 0 Å². The predicted molar refractivity (Wildman–Crippen MR) is 156 cm³/mol. The maximum atomic E-state index is 14.1. The van der Waals surface area contributed by atoms with Crippen molar-refractivity contribution in [1.82, 2.24) is 13.6 Å². The summed E-state index contributed by atoms with van der Waals surface area (Å²) in [7, 11) is -4.10. The fourth-order valence-corrected chi connectivity index (χ4v) is 6.35. The zero-order valence-corrected chi connectivity index (χ0v) is 24.4. The van der Waals surface area contributed by atoms with Crippen molar-refractivity contribution < 1.29 is 18.3 Å². The van der Waals surface area contributed by atoms with Gasteiger partial charge in [0.15, 0.2) is 0 Å². The van der Waals surface area contributed by atoms with Gasteiger partial charge in [0.05, 0.1) is 28.6 Å². The van der Waals surface area contributed by atoms with Crippen LogP contribution in [0.25, 0.3) is 11.0 Å². The largest absolute Gasteiger partial charge is 0.390 e. The van der Waals surface area contributed by atoms with E-state index in [4.69, 9.17) is 11.6 Å². The van der Waals surface area contributed by atoms with Gasteiger partial charge in [-0.05, 0) is 75.9 Å². The molecular weight excluding hydrogens is 556 g/mol. The van der Waals surface area contributed by atoms with Crippen molar-refractivity contribution in [1.29, 1.82) is 0 Å². The van der Waals surface area contributed by atoms with Crippen molar-refractivity contribution in [2.75, 3.05) is 4.72 Å². The Labute approximate surface area is 238 Å². The maximum absolute atomic E-state index is 14.1. The average molecular weight is 587 g/mol. The lowest BCUT2D eigenvalue weighted by Crippen LogP contribution is -2.39. The fraction of sp³-hybridized carbons (Fsp3) is 0.321. The van der Waals surface area contributed by atoms with Crippen LogP contribution in [0.5, 0.6) is 0 Å². The molecule has 0 fully saturated rings. The summed E-state index contributed by atoms with van der Waals surface area (Å²) >= 11 is 7.23. The van der Waals surface area contributed by atoms with Crippen LogP contribution in [0.15, 0.2) is 71.6 Å². The van der Waals surface area contributed by atoms with Crippen LogP contribution < -0.4 is 4.72 Å². The van der Waals surface area contributed by atoms with E-state index in [2.05, 4.69) is 13.5 Å². The number of rotatable bonds is 11. The highest BCUT2D eigenvalue weighted by Crippen LogP contribution is 2.29. The Balaban J connectivity index is 1.68. The van der Waals surface area contributed by atoms with Gasteiger partial charge in [-0.1, -0.05) is 48.0 Å². The van der Waals surface area contributed by atoms with Gasteiger partial charge in [0.25, 0.3) is 15.9 Å². The van der Waals surface area contributed by atoms with E-state index in [1.807, 2.05) is 37.3 Å². The Morgan fingerprint density at radius 2 is 1.85 bits per heavy atom. The number of hydrogen-bond donors (Lipinski definition) is 2. The topological polar surface area (TPSA) is 112 Å². The maximum Gasteiger partial charge on any atom is 0.264 e. The van der Waals surface area contributed by atoms with Crippen LogP contribution in [0, 0.1) is 0 Å². The third kappa shape index (κ3) is 7.33. The second-order valence-electron chi connectivity index (χ2n) is 10.2. The van der Waals surface area contributed by atoms with Crippen LogP contribution in [-0.4, -0.2) is 44.7 Å². The molecule has 1 unspecified atom stereocenters. The Kier molecular flexibility index (Phi) is 8.90. The quantitative estimate of drug-likeness (QED) is 0.219. The number of nitrogens with zero attached hydrogens (tertiary/aromatic N) is 3. The van der Waals surface area contributed by atoms with Crippen molar-refractivity contribution in [3.05, 3.63) is 82.9 Å². The Morgan fingerprint density at radius 1 is 1.10 bits per heavy atom. The smallest absolute Gasteiger partial charge is 0.264 e. The van der Waals surface area contributed by atoms with E-state index in [0.717, 1.165) is 17.3 Å². The molecule has 8 nitrogen and oxygen atoms in total. The molecule has 3 aromatic carbocycles. The summed E-state index contributed by atoms with van der Waals surface area (Å²) in [5.41, 5.74) is 1.13. The number of aliphatic hydroxyl groups is 1. The molecule has 0 aliphatic carbocycles. The zero-order chi connectivity index (χ0) is 28.2. The van der Waals surface area contributed by atoms with Crippen molar-refractivity contribution in [3.63, 3.8) is 0 Å². The molecule has 0 bridgehead atoms. The number of amides is 1. The highest BCUT2D eigenvalue weighted by molar-refractivity contribution is 7.93. The number of benzene rings is 3. The summed E-state index contributed by atoms with van der Waals surface area (Å²) < 4.78 is 37.7. The molecule has 2 N–H and O–H groups in total. The minimum Gasteiger partial charge on any atom is -0.390 e. The number of hydrogen-bond acceptors (Lipinski definition) is 7. The number of anilines is 1. The number of fused-ring (bicyclic) bond motifs is 1. The van der Waals surface area contributed by atoms with Crippen LogP contribution in [-0.2, 0) is 16.6 Å². The molecule has 0 radical (unpaired) electrons. The van der Waals surface area contributed by atoms with Crippen molar-refractivity contribution in [2.45, 2.75) is 63.1 Å². The lowest BCUT2D eigenvalue weighted by atomic mass is 9.98. The third-order valence-corrected chi connectivity index (χ3v) is 8.57. The highest BCUT2D eigenvalue weighted by atomic mass is 35.5. The van der Waals surface area contributed by atoms with Gasteiger partial charge in [-0.3, -0.25) is 9.52 Å². The fourth-order valence-electron chi connectivity index (χ4n) is 4.33. The van der Waals surface area contributed by atoms with E-state index in [-0.39, 0.29) is 33.6 Å². The van der Waals surface area contributed by atoms with E-state index in [1.54, 1.807) is 30.9 Å². The molecule has 0 aliphatic rings. The molecule has 0 spiro atoms. The Hall–Kier alpha value is -3.05. The molecule has 1 amide bonds. The van der Waals surface area contributed by atoms with Crippen LogP contribution in [0.1, 0.15) is 56.0 Å². The third-order valence-electron chi connectivity index (χ3n) is 6.39. The molecule has 4 aromatic rings. The van der Waals surface area contributed by atoms with Gasteiger partial charge in [0, 0.05) is 17.6 Å². The summed E-state index contributed by atoms with van der Waals surface area (Å²) in [6, 6.07) is 18.7. The minimum absolute atomic E-state index is 0.0248.